The van der Waals surface area contributed by atoms with Crippen molar-refractivity contribution in [1.29, 1.82) is 5.26 Å². The van der Waals surface area contributed by atoms with Gasteiger partial charge in [-0.05, 0) is 43.3 Å². The van der Waals surface area contributed by atoms with Crippen LogP contribution in [0.1, 0.15) is 35.7 Å². The molecular formula is C27H26N2O3S. The van der Waals surface area contributed by atoms with Gasteiger partial charge in [0.2, 0.25) is 0 Å². The summed E-state index contributed by atoms with van der Waals surface area (Å²) < 4.78 is 11.9. The first-order chi connectivity index (χ1) is 16.2. The van der Waals surface area contributed by atoms with Crippen molar-refractivity contribution in [2.45, 2.75) is 35.7 Å². The molecule has 1 heterocycles. The number of benzene rings is 3. The molecule has 168 valence electrons. The van der Waals surface area contributed by atoms with Crippen molar-refractivity contribution in [3.8, 4) is 17.6 Å². The number of para-hydroxylation sites is 2. The lowest BCUT2D eigenvalue weighted by molar-refractivity contribution is 0.0586. The number of rotatable bonds is 7. The van der Waals surface area contributed by atoms with E-state index in [0.717, 1.165) is 34.1 Å². The Hall–Kier alpha value is -3.43. The number of amides is 1. The summed E-state index contributed by atoms with van der Waals surface area (Å²) in [6.07, 6.45) is 1.57. The molecule has 0 aliphatic carbocycles. The second kappa shape index (κ2) is 10.9. The lowest BCUT2D eigenvalue weighted by atomic mass is 10.1. The molecule has 1 saturated heterocycles. The minimum absolute atomic E-state index is 0.0145. The lowest BCUT2D eigenvalue weighted by Gasteiger charge is -2.33. The topological polar surface area (TPSA) is 62.6 Å². The first-order valence-corrected chi connectivity index (χ1v) is 11.9. The maximum absolute atomic E-state index is 13.4. The molecule has 1 fully saturated rings. The minimum Gasteiger partial charge on any atom is -0.490 e. The number of carbonyl (C=O) groups excluding carboxylic acids is 1. The Kier molecular flexibility index (Phi) is 7.54. The highest BCUT2D eigenvalue weighted by molar-refractivity contribution is 7.99. The first kappa shape index (κ1) is 22.8. The van der Waals surface area contributed by atoms with Gasteiger partial charge in [0, 0.05) is 35.7 Å². The zero-order valence-corrected chi connectivity index (χ0v) is 19.4. The van der Waals surface area contributed by atoms with E-state index in [1.807, 2.05) is 78.6 Å². The van der Waals surface area contributed by atoms with Crippen LogP contribution in [0.15, 0.2) is 82.6 Å². The summed E-state index contributed by atoms with van der Waals surface area (Å²) in [5.41, 5.74) is 1.27. The van der Waals surface area contributed by atoms with Gasteiger partial charge in [-0.2, -0.15) is 5.26 Å². The number of likely N-dealkylation sites (tertiary alicyclic amines) is 1. The third kappa shape index (κ3) is 5.50. The van der Waals surface area contributed by atoms with E-state index in [9.17, 15) is 10.1 Å². The van der Waals surface area contributed by atoms with Crippen molar-refractivity contribution in [1.82, 2.24) is 4.90 Å². The van der Waals surface area contributed by atoms with E-state index in [1.54, 1.807) is 6.07 Å². The van der Waals surface area contributed by atoms with Crippen LogP contribution in [0.4, 0.5) is 0 Å². The van der Waals surface area contributed by atoms with Crippen LogP contribution in [0.2, 0.25) is 0 Å². The number of ether oxygens (including phenoxy) is 2. The second-order valence-corrected chi connectivity index (χ2v) is 8.78. The van der Waals surface area contributed by atoms with Crippen LogP contribution < -0.4 is 9.47 Å². The zero-order valence-electron chi connectivity index (χ0n) is 18.6. The molecule has 33 heavy (non-hydrogen) atoms. The highest BCUT2D eigenvalue weighted by atomic mass is 32.2. The normalized spacial score (nSPS) is 13.9. The third-order valence-electron chi connectivity index (χ3n) is 5.52. The van der Waals surface area contributed by atoms with Crippen LogP contribution in [0.25, 0.3) is 0 Å². The number of nitriles is 1. The summed E-state index contributed by atoms with van der Waals surface area (Å²) >= 11 is 1.46. The minimum atomic E-state index is 0.0145. The molecule has 0 radical (unpaired) electrons. The van der Waals surface area contributed by atoms with Gasteiger partial charge in [0.1, 0.15) is 12.2 Å². The zero-order chi connectivity index (χ0) is 23.0. The van der Waals surface area contributed by atoms with Crippen LogP contribution in [0.5, 0.6) is 11.5 Å². The molecule has 0 aromatic heterocycles. The molecule has 1 aliphatic rings. The van der Waals surface area contributed by atoms with E-state index < -0.39 is 0 Å². The summed E-state index contributed by atoms with van der Waals surface area (Å²) in [5.74, 6) is 1.52. The van der Waals surface area contributed by atoms with Gasteiger partial charge in [-0.15, -0.1) is 0 Å². The van der Waals surface area contributed by atoms with Gasteiger partial charge < -0.3 is 14.4 Å². The summed E-state index contributed by atoms with van der Waals surface area (Å²) in [6.45, 7) is 3.81. The van der Waals surface area contributed by atoms with Crippen LogP contribution in [-0.2, 0) is 0 Å². The van der Waals surface area contributed by atoms with E-state index in [-0.39, 0.29) is 12.0 Å². The standard InChI is InChI=1S/C27H26N2O3S/c1-2-31-23-11-5-6-12-24(23)32-21-15-17-29(18-16-21)27(30)22-10-4-8-14-26(22)33-25-13-7-3-9-20(25)19-28/h3-14,21H,2,15-18H2,1H3. The smallest absolute Gasteiger partial charge is 0.255 e. The Balaban J connectivity index is 1.42. The van der Waals surface area contributed by atoms with E-state index in [4.69, 9.17) is 9.47 Å². The summed E-state index contributed by atoms with van der Waals surface area (Å²) in [6, 6.07) is 25.0. The lowest BCUT2D eigenvalue weighted by Crippen LogP contribution is -2.42. The van der Waals surface area contributed by atoms with E-state index in [2.05, 4.69) is 6.07 Å². The predicted octanol–water partition coefficient (Wildman–Crippen LogP) is 5.79. The molecule has 3 aromatic carbocycles. The van der Waals surface area contributed by atoms with E-state index in [1.165, 1.54) is 11.8 Å². The van der Waals surface area contributed by atoms with Crippen molar-refractivity contribution >= 4 is 17.7 Å². The molecule has 3 aromatic rings. The number of piperidine rings is 1. The largest absolute Gasteiger partial charge is 0.490 e. The highest BCUT2D eigenvalue weighted by Gasteiger charge is 2.26. The Morgan fingerprint density at radius 3 is 2.33 bits per heavy atom. The molecule has 1 amide bonds. The molecule has 0 saturated carbocycles. The molecule has 0 bridgehead atoms. The van der Waals surface area contributed by atoms with Crippen LogP contribution in [0.3, 0.4) is 0 Å². The van der Waals surface area contributed by atoms with Crippen molar-refractivity contribution in [3.05, 3.63) is 83.9 Å². The Morgan fingerprint density at radius 1 is 0.970 bits per heavy atom. The predicted molar refractivity (Wildman–Crippen MR) is 129 cm³/mol. The maximum atomic E-state index is 13.4. The number of nitrogens with zero attached hydrogens (tertiary/aromatic N) is 2. The Labute approximate surface area is 198 Å². The highest BCUT2D eigenvalue weighted by Crippen LogP contribution is 2.34. The molecule has 0 atom stereocenters. The van der Waals surface area contributed by atoms with Gasteiger partial charge in [-0.1, -0.05) is 48.2 Å². The van der Waals surface area contributed by atoms with Crippen LogP contribution in [-0.4, -0.2) is 36.6 Å². The monoisotopic (exact) mass is 458 g/mol. The fourth-order valence-electron chi connectivity index (χ4n) is 3.85. The summed E-state index contributed by atoms with van der Waals surface area (Å²) in [4.78, 5) is 17.0. The van der Waals surface area contributed by atoms with Crippen molar-refractivity contribution in [3.63, 3.8) is 0 Å². The van der Waals surface area contributed by atoms with Gasteiger partial charge in [-0.25, -0.2) is 0 Å². The van der Waals surface area contributed by atoms with Crippen molar-refractivity contribution in [2.24, 2.45) is 0 Å². The Morgan fingerprint density at radius 2 is 1.61 bits per heavy atom. The van der Waals surface area contributed by atoms with Crippen LogP contribution >= 0.6 is 11.8 Å². The van der Waals surface area contributed by atoms with E-state index >= 15 is 0 Å². The maximum Gasteiger partial charge on any atom is 0.255 e. The molecule has 4 rings (SSSR count). The molecular weight excluding hydrogens is 432 g/mol. The van der Waals surface area contributed by atoms with Crippen LogP contribution in [0, 0.1) is 11.3 Å². The van der Waals surface area contributed by atoms with Gasteiger partial charge in [-0.3, -0.25) is 4.79 Å². The number of hydrogen-bond acceptors (Lipinski definition) is 5. The molecule has 0 spiro atoms. The molecule has 1 aliphatic heterocycles. The number of carbonyl (C=O) groups is 1. The van der Waals surface area contributed by atoms with E-state index in [0.29, 0.717) is 30.8 Å². The summed E-state index contributed by atoms with van der Waals surface area (Å²) in [5, 5.41) is 9.40. The second-order valence-electron chi connectivity index (χ2n) is 7.70. The number of hydrogen-bond donors (Lipinski definition) is 0. The average Bonchev–Trinajstić information content (AvgIpc) is 2.86. The average molecular weight is 459 g/mol. The van der Waals surface area contributed by atoms with Crippen molar-refractivity contribution < 1.29 is 14.3 Å². The van der Waals surface area contributed by atoms with Crippen molar-refractivity contribution in [2.75, 3.05) is 19.7 Å². The Bertz CT molecular complexity index is 1150. The third-order valence-corrected chi connectivity index (χ3v) is 6.67. The fourth-order valence-corrected chi connectivity index (χ4v) is 4.87. The quantitative estimate of drug-likeness (QED) is 0.448. The van der Waals surface area contributed by atoms with Gasteiger partial charge in [0.25, 0.3) is 5.91 Å². The molecule has 5 nitrogen and oxygen atoms in total. The molecule has 6 heteroatoms. The first-order valence-electron chi connectivity index (χ1n) is 11.1. The van der Waals surface area contributed by atoms with Gasteiger partial charge in [0.15, 0.2) is 11.5 Å². The SMILES string of the molecule is CCOc1ccccc1OC1CCN(C(=O)c2ccccc2Sc2ccccc2C#N)CC1. The fraction of sp³-hybridized carbons (Fsp3) is 0.259. The summed E-state index contributed by atoms with van der Waals surface area (Å²) in [7, 11) is 0. The van der Waals surface area contributed by atoms with Gasteiger partial charge in [0.05, 0.1) is 17.7 Å². The van der Waals surface area contributed by atoms with Gasteiger partial charge >= 0.3 is 0 Å². The molecule has 0 unspecified atom stereocenters. The molecule has 0 N–H and O–H groups in total.